The number of hydrogen-bond acceptors (Lipinski definition) is 7. The fourth-order valence-corrected chi connectivity index (χ4v) is 3.34. The number of hydrazine groups is 1. The van der Waals surface area contributed by atoms with Gasteiger partial charge in [-0.3, -0.25) is 4.79 Å². The van der Waals surface area contributed by atoms with E-state index in [-0.39, 0.29) is 32.6 Å². The number of alkyl carbamates (subject to hydrolysis) is 1. The Morgan fingerprint density at radius 2 is 1.85 bits per heavy atom. The van der Waals surface area contributed by atoms with E-state index < -0.39 is 41.7 Å². The van der Waals surface area contributed by atoms with Crippen molar-refractivity contribution in [2.75, 3.05) is 13.2 Å². The van der Waals surface area contributed by atoms with Gasteiger partial charge in [-0.15, -0.1) is 6.58 Å². The minimum atomic E-state index is -1.12. The minimum Gasteiger partial charge on any atom is -0.464 e. The number of benzene rings is 1. The maximum Gasteiger partial charge on any atom is 0.429 e. The number of nitrogens with one attached hydrogen (secondary N) is 1. The topological polar surface area (TPSA) is 114 Å². The van der Waals surface area contributed by atoms with Gasteiger partial charge in [0.2, 0.25) is 0 Å². The minimum absolute atomic E-state index is 0.00543. The lowest BCUT2D eigenvalue weighted by Crippen LogP contribution is -2.57. The van der Waals surface area contributed by atoms with Crippen molar-refractivity contribution in [3.8, 4) is 0 Å². The van der Waals surface area contributed by atoms with Crippen molar-refractivity contribution in [1.82, 2.24) is 15.3 Å². The normalized spacial score (nSPS) is 16.4. The molecule has 1 fully saturated rings. The summed E-state index contributed by atoms with van der Waals surface area (Å²) in [6.45, 7) is 10.5. The highest BCUT2D eigenvalue weighted by molar-refractivity contribution is 5.91. The third-order valence-corrected chi connectivity index (χ3v) is 4.76. The van der Waals surface area contributed by atoms with Crippen LogP contribution in [-0.4, -0.2) is 64.9 Å². The molecule has 0 unspecified atom stereocenters. The lowest BCUT2D eigenvalue weighted by atomic mass is 10.1. The van der Waals surface area contributed by atoms with Gasteiger partial charge in [0.15, 0.2) is 6.04 Å². The fourth-order valence-electron chi connectivity index (χ4n) is 3.34. The molecule has 10 heteroatoms. The molecule has 1 aliphatic heterocycles. The first-order chi connectivity index (χ1) is 16.1. The van der Waals surface area contributed by atoms with Crippen molar-refractivity contribution in [1.29, 1.82) is 0 Å². The zero-order chi connectivity index (χ0) is 25.3. The summed E-state index contributed by atoms with van der Waals surface area (Å²) in [6.07, 6.45) is 0.0688. The van der Waals surface area contributed by atoms with Crippen molar-refractivity contribution in [3.05, 3.63) is 48.6 Å². The largest absolute Gasteiger partial charge is 0.464 e. The molecule has 0 aliphatic carbocycles. The molecule has 1 aromatic carbocycles. The third kappa shape index (κ3) is 7.50. The Morgan fingerprint density at radius 1 is 1.18 bits per heavy atom. The van der Waals surface area contributed by atoms with Gasteiger partial charge in [0.1, 0.15) is 18.2 Å². The second-order valence-corrected chi connectivity index (χ2v) is 8.63. The van der Waals surface area contributed by atoms with Crippen LogP contribution in [0.3, 0.4) is 0 Å². The summed E-state index contributed by atoms with van der Waals surface area (Å²) >= 11 is 0. The van der Waals surface area contributed by atoms with Gasteiger partial charge in [0.25, 0.3) is 5.91 Å². The molecule has 0 aromatic heterocycles. The monoisotopic (exact) mass is 475 g/mol. The molecule has 0 saturated carbocycles. The molecule has 1 heterocycles. The van der Waals surface area contributed by atoms with Crippen LogP contribution >= 0.6 is 0 Å². The van der Waals surface area contributed by atoms with E-state index in [1.54, 1.807) is 39.8 Å². The second kappa shape index (κ2) is 12.1. The van der Waals surface area contributed by atoms with Crippen molar-refractivity contribution in [3.63, 3.8) is 0 Å². The maximum absolute atomic E-state index is 13.5. The van der Waals surface area contributed by atoms with E-state index in [4.69, 9.17) is 14.2 Å². The summed E-state index contributed by atoms with van der Waals surface area (Å²) in [7, 11) is 0. The number of hydrogen-bond donors (Lipinski definition) is 1. The van der Waals surface area contributed by atoms with Gasteiger partial charge in [-0.05, 0) is 39.7 Å². The molecule has 2 atom stereocenters. The molecule has 10 nitrogen and oxygen atoms in total. The number of ether oxygens (including phenoxy) is 3. The summed E-state index contributed by atoms with van der Waals surface area (Å²) in [5, 5.41) is 4.59. The lowest BCUT2D eigenvalue weighted by Gasteiger charge is -2.33. The van der Waals surface area contributed by atoms with Crippen LogP contribution in [0.25, 0.3) is 0 Å². The van der Waals surface area contributed by atoms with Gasteiger partial charge in [-0.2, -0.15) is 0 Å². The predicted octanol–water partition coefficient (Wildman–Crippen LogP) is 3.17. The van der Waals surface area contributed by atoms with Crippen LogP contribution in [0.1, 0.15) is 46.1 Å². The van der Waals surface area contributed by atoms with Crippen LogP contribution in [0, 0.1) is 0 Å². The summed E-state index contributed by atoms with van der Waals surface area (Å²) in [6, 6.07) is 6.91. The quantitative estimate of drug-likeness (QED) is 0.349. The SMILES string of the molecule is C=CC[C@H](NC(=O)OC(C)(C)C)C(=O)N1[C@H](C(=O)OCC)CCN1C(=O)OCc1ccccc1. The predicted molar refractivity (Wildman–Crippen MR) is 123 cm³/mol. The molecule has 186 valence electrons. The Bertz CT molecular complexity index is 882. The highest BCUT2D eigenvalue weighted by Gasteiger charge is 2.46. The smallest absolute Gasteiger partial charge is 0.429 e. The Hall–Kier alpha value is -3.56. The van der Waals surface area contributed by atoms with E-state index in [2.05, 4.69) is 11.9 Å². The molecular formula is C24H33N3O7. The average Bonchev–Trinajstić information content (AvgIpc) is 3.21. The fraction of sp³-hybridized carbons (Fsp3) is 0.500. The Kier molecular flexibility index (Phi) is 9.47. The van der Waals surface area contributed by atoms with Gasteiger partial charge in [-0.1, -0.05) is 36.4 Å². The van der Waals surface area contributed by atoms with Crippen molar-refractivity contribution in [2.24, 2.45) is 0 Å². The van der Waals surface area contributed by atoms with E-state index in [1.807, 2.05) is 18.2 Å². The highest BCUT2D eigenvalue weighted by atomic mass is 16.6. The van der Waals surface area contributed by atoms with E-state index in [1.165, 1.54) is 6.08 Å². The maximum atomic E-state index is 13.5. The Labute approximate surface area is 199 Å². The highest BCUT2D eigenvalue weighted by Crippen LogP contribution is 2.23. The first-order valence-electron chi connectivity index (χ1n) is 11.2. The van der Waals surface area contributed by atoms with Gasteiger partial charge in [-0.25, -0.2) is 24.4 Å². The molecule has 0 spiro atoms. The average molecular weight is 476 g/mol. The van der Waals surface area contributed by atoms with Crippen molar-refractivity contribution >= 4 is 24.1 Å². The van der Waals surface area contributed by atoms with E-state index >= 15 is 0 Å². The molecular weight excluding hydrogens is 442 g/mol. The number of esters is 1. The number of nitrogens with zero attached hydrogens (tertiary/aromatic N) is 2. The number of rotatable bonds is 8. The summed E-state index contributed by atoms with van der Waals surface area (Å²) in [5.74, 6) is -1.33. The molecule has 1 aromatic rings. The molecule has 0 bridgehead atoms. The molecule has 0 radical (unpaired) electrons. The van der Waals surface area contributed by atoms with Gasteiger partial charge >= 0.3 is 18.2 Å². The molecule has 1 N–H and O–H groups in total. The zero-order valence-corrected chi connectivity index (χ0v) is 20.1. The van der Waals surface area contributed by atoms with E-state index in [9.17, 15) is 19.2 Å². The Balaban J connectivity index is 2.24. The first-order valence-corrected chi connectivity index (χ1v) is 11.2. The first kappa shape index (κ1) is 26.7. The van der Waals surface area contributed by atoms with Gasteiger partial charge in [0.05, 0.1) is 6.61 Å². The van der Waals surface area contributed by atoms with Gasteiger partial charge < -0.3 is 19.5 Å². The number of amides is 3. The Morgan fingerprint density at radius 3 is 2.44 bits per heavy atom. The summed E-state index contributed by atoms with van der Waals surface area (Å²) in [4.78, 5) is 51.3. The van der Waals surface area contributed by atoms with Crippen molar-refractivity contribution < 1.29 is 33.4 Å². The summed E-state index contributed by atoms with van der Waals surface area (Å²) < 4.78 is 15.7. The standard InChI is InChI=1S/C24H33N3O7/c1-6-11-18(25-22(30)34-24(3,4)5)20(28)27-19(21(29)32-7-2)14-15-26(27)23(31)33-16-17-12-9-8-10-13-17/h6,8-10,12-13,18-19H,1,7,11,14-16H2,2-5H3,(H,25,30)/t18-,19-/m0/s1. The van der Waals surface area contributed by atoms with E-state index in [0.29, 0.717) is 0 Å². The summed E-state index contributed by atoms with van der Waals surface area (Å²) in [5.41, 5.74) is -0.00809. The van der Waals surface area contributed by atoms with Crippen LogP contribution in [0.2, 0.25) is 0 Å². The lowest BCUT2D eigenvalue weighted by molar-refractivity contribution is -0.162. The molecule has 1 saturated heterocycles. The number of carbonyl (C=O) groups excluding carboxylic acids is 4. The molecule has 1 aliphatic rings. The van der Waals surface area contributed by atoms with Gasteiger partial charge in [0, 0.05) is 13.0 Å². The molecule has 2 rings (SSSR count). The van der Waals surface area contributed by atoms with Crippen LogP contribution < -0.4 is 5.32 Å². The van der Waals surface area contributed by atoms with Crippen LogP contribution in [-0.2, 0) is 30.4 Å². The van der Waals surface area contributed by atoms with E-state index in [0.717, 1.165) is 15.6 Å². The molecule has 3 amide bonds. The van der Waals surface area contributed by atoms with Crippen molar-refractivity contribution in [2.45, 2.75) is 64.8 Å². The number of carbonyl (C=O) groups is 4. The van der Waals surface area contributed by atoms with Crippen LogP contribution in [0.4, 0.5) is 9.59 Å². The van der Waals surface area contributed by atoms with Crippen LogP contribution in [0.15, 0.2) is 43.0 Å². The third-order valence-electron chi connectivity index (χ3n) is 4.76. The zero-order valence-electron chi connectivity index (χ0n) is 20.1. The van der Waals surface area contributed by atoms with Crippen LogP contribution in [0.5, 0.6) is 0 Å². The second-order valence-electron chi connectivity index (χ2n) is 8.63. The molecule has 34 heavy (non-hydrogen) atoms.